The molecule has 0 saturated heterocycles. The average molecular weight is 296 g/mol. The molecule has 8 heteroatoms. The van der Waals surface area contributed by atoms with Gasteiger partial charge in [-0.05, 0) is 18.2 Å². The Hall–Kier alpha value is -3.29. The second kappa shape index (κ2) is 5.60. The van der Waals surface area contributed by atoms with Crippen molar-refractivity contribution >= 4 is 11.7 Å². The lowest BCUT2D eigenvalue weighted by Crippen LogP contribution is -2.25. The van der Waals surface area contributed by atoms with Gasteiger partial charge < -0.3 is 9.88 Å². The Kier molecular flexibility index (Phi) is 3.48. The quantitative estimate of drug-likeness (QED) is 0.764. The third kappa shape index (κ3) is 2.62. The van der Waals surface area contributed by atoms with Gasteiger partial charge in [-0.15, -0.1) is 0 Å². The molecule has 3 rings (SSSR count). The molecule has 3 aromatic rings. The summed E-state index contributed by atoms with van der Waals surface area (Å²) in [6.07, 6.45) is 7.84. The molecule has 3 heterocycles. The van der Waals surface area contributed by atoms with Gasteiger partial charge in [-0.25, -0.2) is 9.67 Å². The highest BCUT2D eigenvalue weighted by Gasteiger charge is 2.12. The van der Waals surface area contributed by atoms with Crippen LogP contribution in [0.2, 0.25) is 0 Å². The van der Waals surface area contributed by atoms with Crippen molar-refractivity contribution in [1.29, 1.82) is 0 Å². The van der Waals surface area contributed by atoms with Crippen molar-refractivity contribution in [3.05, 3.63) is 65.2 Å². The Bertz CT molecular complexity index is 869. The van der Waals surface area contributed by atoms with Crippen LogP contribution in [0.5, 0.6) is 0 Å². The number of hydrogen-bond acceptors (Lipinski definition) is 5. The Morgan fingerprint density at radius 1 is 1.18 bits per heavy atom. The Morgan fingerprint density at radius 3 is 2.82 bits per heavy atom. The van der Waals surface area contributed by atoms with Crippen LogP contribution in [0.4, 0.5) is 5.82 Å². The largest absolute Gasteiger partial charge is 0.314 e. The zero-order valence-corrected chi connectivity index (χ0v) is 11.7. The second-order valence-electron chi connectivity index (χ2n) is 4.50. The van der Waals surface area contributed by atoms with Gasteiger partial charge in [0.2, 0.25) is 0 Å². The van der Waals surface area contributed by atoms with Crippen molar-refractivity contribution in [3.8, 4) is 5.69 Å². The lowest BCUT2D eigenvalue weighted by Gasteiger charge is -2.06. The van der Waals surface area contributed by atoms with Crippen LogP contribution in [0, 0.1) is 0 Å². The van der Waals surface area contributed by atoms with Crippen molar-refractivity contribution in [2.45, 2.75) is 0 Å². The van der Waals surface area contributed by atoms with Crippen molar-refractivity contribution in [2.75, 3.05) is 5.32 Å². The maximum atomic E-state index is 12.2. The lowest BCUT2D eigenvalue weighted by molar-refractivity contribution is 0.102. The zero-order chi connectivity index (χ0) is 15.5. The molecule has 3 aromatic heterocycles. The lowest BCUT2D eigenvalue weighted by atomic mass is 10.3. The van der Waals surface area contributed by atoms with Gasteiger partial charge in [0.05, 0.1) is 5.69 Å². The highest BCUT2D eigenvalue weighted by molar-refractivity contribution is 6.02. The van der Waals surface area contributed by atoms with Gasteiger partial charge in [-0.2, -0.15) is 5.10 Å². The van der Waals surface area contributed by atoms with Crippen LogP contribution in [-0.4, -0.2) is 30.2 Å². The number of rotatable bonds is 3. The molecule has 0 saturated carbocycles. The summed E-state index contributed by atoms with van der Waals surface area (Å²) in [5.74, 6) is -0.550. The number of aromatic nitrogens is 5. The maximum absolute atomic E-state index is 12.2. The molecule has 0 bridgehead atoms. The third-order valence-corrected chi connectivity index (χ3v) is 2.99. The molecule has 0 spiro atoms. The molecular weight excluding hydrogens is 284 g/mol. The van der Waals surface area contributed by atoms with Gasteiger partial charge >= 0.3 is 0 Å². The number of pyridine rings is 1. The zero-order valence-electron chi connectivity index (χ0n) is 11.7. The van der Waals surface area contributed by atoms with E-state index in [-0.39, 0.29) is 17.1 Å². The molecule has 0 aliphatic rings. The van der Waals surface area contributed by atoms with Crippen LogP contribution in [0.1, 0.15) is 10.5 Å². The Labute approximate surface area is 125 Å². The molecular formula is C14H12N6O2. The van der Waals surface area contributed by atoms with Crippen molar-refractivity contribution in [3.63, 3.8) is 0 Å². The molecule has 1 N–H and O–H groups in total. The van der Waals surface area contributed by atoms with Crippen LogP contribution in [0.15, 0.2) is 54.0 Å². The van der Waals surface area contributed by atoms with Crippen molar-refractivity contribution in [1.82, 2.24) is 24.3 Å². The number of amides is 1. The summed E-state index contributed by atoms with van der Waals surface area (Å²) in [6.45, 7) is 0. The number of aryl methyl sites for hydroxylation is 1. The van der Waals surface area contributed by atoms with Gasteiger partial charge in [0.25, 0.3) is 11.5 Å². The summed E-state index contributed by atoms with van der Waals surface area (Å²) in [7, 11) is 1.58. The summed E-state index contributed by atoms with van der Waals surface area (Å²) in [4.78, 5) is 31.9. The van der Waals surface area contributed by atoms with Gasteiger partial charge in [0.15, 0.2) is 5.82 Å². The highest BCUT2D eigenvalue weighted by Crippen LogP contribution is 2.08. The van der Waals surface area contributed by atoms with E-state index in [2.05, 4.69) is 20.4 Å². The minimum atomic E-state index is -0.509. The molecule has 110 valence electrons. The molecule has 8 nitrogen and oxygen atoms in total. The third-order valence-electron chi connectivity index (χ3n) is 2.99. The first-order valence-electron chi connectivity index (χ1n) is 6.44. The summed E-state index contributed by atoms with van der Waals surface area (Å²) < 4.78 is 2.94. The summed E-state index contributed by atoms with van der Waals surface area (Å²) in [6, 6.07) is 5.08. The van der Waals surface area contributed by atoms with Crippen LogP contribution >= 0.6 is 0 Å². The number of nitrogens with one attached hydrogen (secondary N) is 1. The molecule has 0 aromatic carbocycles. The van der Waals surface area contributed by atoms with E-state index in [0.29, 0.717) is 5.69 Å². The highest BCUT2D eigenvalue weighted by atomic mass is 16.2. The fourth-order valence-corrected chi connectivity index (χ4v) is 1.86. The molecule has 0 unspecified atom stereocenters. The first kappa shape index (κ1) is 13.7. The predicted molar refractivity (Wildman–Crippen MR) is 78.8 cm³/mol. The molecule has 22 heavy (non-hydrogen) atoms. The molecule has 0 radical (unpaired) electrons. The Morgan fingerprint density at radius 2 is 2.05 bits per heavy atom. The van der Waals surface area contributed by atoms with E-state index in [1.54, 1.807) is 42.3 Å². The first-order chi connectivity index (χ1) is 10.6. The normalized spacial score (nSPS) is 10.4. The molecule has 0 fully saturated rings. The predicted octanol–water partition coefficient (Wildman–Crippen LogP) is 0.613. The van der Waals surface area contributed by atoms with E-state index >= 15 is 0 Å². The summed E-state index contributed by atoms with van der Waals surface area (Å²) in [5, 5.41) is 6.55. The van der Waals surface area contributed by atoms with Gasteiger partial charge in [0.1, 0.15) is 5.69 Å². The minimum absolute atomic E-state index is 0.0405. The van der Waals surface area contributed by atoms with Crippen LogP contribution in [-0.2, 0) is 7.05 Å². The van der Waals surface area contributed by atoms with Crippen molar-refractivity contribution in [2.24, 2.45) is 7.05 Å². The number of carbonyl (C=O) groups excluding carboxylic acids is 1. The van der Waals surface area contributed by atoms with Gasteiger partial charge in [-0.1, -0.05) is 0 Å². The second-order valence-corrected chi connectivity index (χ2v) is 4.50. The van der Waals surface area contributed by atoms with E-state index in [4.69, 9.17) is 0 Å². The van der Waals surface area contributed by atoms with E-state index in [1.165, 1.54) is 23.2 Å². The standard InChI is InChI=1S/C14H12N6O2/c1-19-8-6-16-12(14(19)22)18-13(21)11-9-10(3-5-15-11)20-7-2-4-17-20/h2-9H,1H3,(H,16,18,21). The summed E-state index contributed by atoms with van der Waals surface area (Å²) >= 11 is 0. The van der Waals surface area contributed by atoms with E-state index in [1.807, 2.05) is 0 Å². The van der Waals surface area contributed by atoms with Crippen LogP contribution in [0.3, 0.4) is 0 Å². The first-order valence-corrected chi connectivity index (χ1v) is 6.44. The minimum Gasteiger partial charge on any atom is -0.314 e. The van der Waals surface area contributed by atoms with E-state index in [9.17, 15) is 9.59 Å². The average Bonchev–Trinajstić information content (AvgIpc) is 3.06. The summed E-state index contributed by atoms with van der Waals surface area (Å²) in [5.41, 5.74) is 0.471. The topological polar surface area (TPSA) is 94.7 Å². The number of carbonyl (C=O) groups is 1. The number of hydrogen-bond donors (Lipinski definition) is 1. The van der Waals surface area contributed by atoms with Crippen LogP contribution < -0.4 is 10.9 Å². The van der Waals surface area contributed by atoms with E-state index < -0.39 is 5.91 Å². The van der Waals surface area contributed by atoms with Crippen LogP contribution in [0.25, 0.3) is 5.69 Å². The smallest absolute Gasteiger partial charge is 0.293 e. The fraction of sp³-hybridized carbons (Fsp3) is 0.0714. The van der Waals surface area contributed by atoms with Gasteiger partial charge in [0, 0.05) is 38.0 Å². The number of anilines is 1. The molecule has 0 aliphatic carbocycles. The monoisotopic (exact) mass is 296 g/mol. The van der Waals surface area contributed by atoms with E-state index in [0.717, 1.165) is 0 Å². The van der Waals surface area contributed by atoms with Crippen molar-refractivity contribution < 1.29 is 4.79 Å². The SMILES string of the molecule is Cn1ccnc(NC(=O)c2cc(-n3cccn3)ccn2)c1=O. The molecule has 1 amide bonds. The molecule has 0 aliphatic heterocycles. The molecule has 0 atom stereocenters. The Balaban J connectivity index is 1.88. The fourth-order valence-electron chi connectivity index (χ4n) is 1.86. The maximum Gasteiger partial charge on any atom is 0.293 e. The van der Waals surface area contributed by atoms with Gasteiger partial charge in [-0.3, -0.25) is 14.6 Å². The number of nitrogens with zero attached hydrogens (tertiary/aromatic N) is 5.